The van der Waals surface area contributed by atoms with Gasteiger partial charge in [-0.25, -0.2) is 0 Å². The van der Waals surface area contributed by atoms with Crippen molar-refractivity contribution in [3.05, 3.63) is 41.7 Å². The van der Waals surface area contributed by atoms with E-state index in [9.17, 15) is 0 Å². The molecule has 31 heavy (non-hydrogen) atoms. The third-order valence-electron chi connectivity index (χ3n) is 6.03. The van der Waals surface area contributed by atoms with Crippen LogP contribution < -0.4 is 5.32 Å². The van der Waals surface area contributed by atoms with Crippen LogP contribution in [0.4, 0.5) is 0 Å². The maximum absolute atomic E-state index is 4.56. The molecule has 1 aliphatic heterocycles. The Labute approximate surface area is 191 Å². The molecule has 1 aromatic heterocycles. The summed E-state index contributed by atoms with van der Waals surface area (Å²) in [5, 5.41) is 13.4. The Bertz CT molecular complexity index is 832. The molecule has 1 aliphatic rings. The van der Waals surface area contributed by atoms with Crippen LogP contribution in [0, 0.1) is 11.8 Å². The van der Waals surface area contributed by atoms with Crippen LogP contribution in [-0.2, 0) is 13.0 Å². The average molecular weight is 443 g/mol. The molecule has 0 bridgehead atoms. The van der Waals surface area contributed by atoms with E-state index in [-0.39, 0.29) is 0 Å². The summed E-state index contributed by atoms with van der Waals surface area (Å²) < 4.78 is 2.28. The number of hydrogen-bond acceptors (Lipinski definition) is 4. The van der Waals surface area contributed by atoms with Gasteiger partial charge >= 0.3 is 0 Å². The zero-order valence-corrected chi connectivity index (χ0v) is 20.5. The number of aromatic nitrogens is 3. The first-order valence-corrected chi connectivity index (χ1v) is 12.7. The molecule has 7 heteroatoms. The first-order valence-electron chi connectivity index (χ1n) is 11.5. The molecule has 1 N–H and O–H groups in total. The van der Waals surface area contributed by atoms with Gasteiger partial charge in [0.2, 0.25) is 0 Å². The van der Waals surface area contributed by atoms with E-state index >= 15 is 0 Å². The summed E-state index contributed by atoms with van der Waals surface area (Å²) in [5.41, 5.74) is 1.47. The summed E-state index contributed by atoms with van der Waals surface area (Å²) in [7, 11) is 1.89. The maximum atomic E-state index is 4.56. The molecule has 1 aromatic carbocycles. The normalized spacial score (nSPS) is 19.8. The molecule has 170 valence electrons. The number of nitrogens with zero attached hydrogens (tertiary/aromatic N) is 5. The predicted molar refractivity (Wildman–Crippen MR) is 131 cm³/mol. The van der Waals surface area contributed by atoms with Crippen molar-refractivity contribution < 1.29 is 0 Å². The molecule has 2 aromatic rings. The summed E-state index contributed by atoms with van der Waals surface area (Å²) >= 11 is 1.67. The van der Waals surface area contributed by atoms with Crippen molar-refractivity contribution in [2.24, 2.45) is 16.8 Å². The van der Waals surface area contributed by atoms with Crippen LogP contribution >= 0.6 is 11.8 Å². The molecule has 0 aliphatic carbocycles. The van der Waals surface area contributed by atoms with Crippen molar-refractivity contribution in [1.29, 1.82) is 0 Å². The minimum Gasteiger partial charge on any atom is -0.356 e. The number of hydrogen-bond donors (Lipinski definition) is 1. The van der Waals surface area contributed by atoms with Crippen LogP contribution in [-0.4, -0.2) is 58.6 Å². The van der Waals surface area contributed by atoms with E-state index in [4.69, 9.17) is 0 Å². The third kappa shape index (κ3) is 6.25. The fraction of sp³-hybridized carbons (Fsp3) is 0.625. The number of thioether (sulfide) groups is 1. The Morgan fingerprint density at radius 2 is 2.03 bits per heavy atom. The molecule has 2 heterocycles. The van der Waals surface area contributed by atoms with E-state index in [0.29, 0.717) is 17.8 Å². The topological polar surface area (TPSA) is 58.3 Å². The zero-order valence-electron chi connectivity index (χ0n) is 19.7. The largest absolute Gasteiger partial charge is 0.356 e. The average Bonchev–Trinajstić information content (AvgIpc) is 3.15. The summed E-state index contributed by atoms with van der Waals surface area (Å²) in [6, 6.07) is 10.9. The van der Waals surface area contributed by atoms with Gasteiger partial charge in [0.1, 0.15) is 5.82 Å². The molecule has 0 saturated carbocycles. The highest BCUT2D eigenvalue weighted by Gasteiger charge is 2.28. The molecule has 2 atom stereocenters. The van der Waals surface area contributed by atoms with Gasteiger partial charge in [-0.05, 0) is 42.4 Å². The summed E-state index contributed by atoms with van der Waals surface area (Å²) in [6.07, 6.45) is 5.18. The molecular weight excluding hydrogens is 404 g/mol. The molecule has 0 radical (unpaired) electrons. The van der Waals surface area contributed by atoms with Crippen molar-refractivity contribution in [2.45, 2.75) is 57.7 Å². The van der Waals surface area contributed by atoms with Crippen LogP contribution in [0.25, 0.3) is 0 Å². The van der Waals surface area contributed by atoms with Crippen LogP contribution in [0.5, 0.6) is 0 Å². The van der Waals surface area contributed by atoms with Crippen LogP contribution in [0.2, 0.25) is 0 Å². The van der Waals surface area contributed by atoms with Crippen molar-refractivity contribution in [2.75, 3.05) is 32.9 Å². The molecule has 3 rings (SSSR count). The van der Waals surface area contributed by atoms with E-state index in [1.54, 1.807) is 11.8 Å². The Morgan fingerprint density at radius 1 is 1.26 bits per heavy atom. The number of nitrogens with one attached hydrogen (secondary N) is 1. The summed E-state index contributed by atoms with van der Waals surface area (Å²) in [6.45, 7) is 10.8. The lowest BCUT2D eigenvalue weighted by Gasteiger charge is -2.39. The SMILES string of the molecule is CN=C(NCCCc1nnc(SC)n1CC(C)C)N1CCC(c2ccccc2)C(C)C1. The number of piperidine rings is 1. The van der Waals surface area contributed by atoms with Gasteiger partial charge in [0, 0.05) is 39.6 Å². The quantitative estimate of drug-likeness (QED) is 0.286. The second kappa shape index (κ2) is 11.6. The smallest absolute Gasteiger partial charge is 0.193 e. The second-order valence-corrected chi connectivity index (χ2v) is 9.69. The Morgan fingerprint density at radius 3 is 2.68 bits per heavy atom. The van der Waals surface area contributed by atoms with E-state index in [0.717, 1.165) is 56.0 Å². The minimum absolute atomic E-state index is 0.582. The predicted octanol–water partition coefficient (Wildman–Crippen LogP) is 4.29. The van der Waals surface area contributed by atoms with Gasteiger partial charge in [0.05, 0.1) is 0 Å². The van der Waals surface area contributed by atoms with Gasteiger partial charge in [0.25, 0.3) is 0 Å². The zero-order chi connectivity index (χ0) is 22.2. The second-order valence-electron chi connectivity index (χ2n) is 8.91. The van der Waals surface area contributed by atoms with E-state index in [2.05, 4.69) is 87.3 Å². The lowest BCUT2D eigenvalue weighted by atomic mass is 9.82. The van der Waals surface area contributed by atoms with Crippen LogP contribution in [0.3, 0.4) is 0 Å². The van der Waals surface area contributed by atoms with E-state index < -0.39 is 0 Å². The van der Waals surface area contributed by atoms with Crippen molar-refractivity contribution in [1.82, 2.24) is 25.0 Å². The highest BCUT2D eigenvalue weighted by molar-refractivity contribution is 7.98. The van der Waals surface area contributed by atoms with Crippen molar-refractivity contribution in [3.8, 4) is 0 Å². The number of rotatable bonds is 8. The maximum Gasteiger partial charge on any atom is 0.193 e. The molecule has 6 nitrogen and oxygen atoms in total. The molecule has 1 fully saturated rings. The van der Waals surface area contributed by atoms with Gasteiger partial charge in [-0.2, -0.15) is 0 Å². The summed E-state index contributed by atoms with van der Waals surface area (Å²) in [4.78, 5) is 6.97. The molecular formula is C24H38N6S. The highest BCUT2D eigenvalue weighted by Crippen LogP contribution is 2.32. The molecule has 0 spiro atoms. The number of aryl methyl sites for hydroxylation is 1. The third-order valence-corrected chi connectivity index (χ3v) is 6.70. The standard InChI is InChI=1S/C24H38N6S/c1-18(2)16-30-22(27-28-24(30)31-5)12-9-14-26-23(25-4)29-15-13-21(19(3)17-29)20-10-7-6-8-11-20/h6-8,10-11,18-19,21H,9,12-17H2,1-5H3,(H,25,26). The van der Waals surface area contributed by atoms with Gasteiger partial charge in [-0.1, -0.05) is 62.9 Å². The lowest BCUT2D eigenvalue weighted by Crippen LogP contribution is -2.48. The van der Waals surface area contributed by atoms with Crippen LogP contribution in [0.1, 0.15) is 50.9 Å². The summed E-state index contributed by atoms with van der Waals surface area (Å²) in [5.74, 6) is 3.93. The monoisotopic (exact) mass is 442 g/mol. The van der Waals surface area contributed by atoms with Gasteiger partial charge in [0.15, 0.2) is 11.1 Å². The van der Waals surface area contributed by atoms with Gasteiger partial charge in [-0.3, -0.25) is 4.99 Å². The highest BCUT2D eigenvalue weighted by atomic mass is 32.2. The van der Waals surface area contributed by atoms with Crippen molar-refractivity contribution >= 4 is 17.7 Å². The fourth-order valence-electron chi connectivity index (χ4n) is 4.52. The Hall–Kier alpha value is -2.02. The van der Waals surface area contributed by atoms with Gasteiger partial charge < -0.3 is 14.8 Å². The Kier molecular flexibility index (Phi) is 8.81. The lowest BCUT2D eigenvalue weighted by molar-refractivity contribution is 0.234. The molecule has 2 unspecified atom stereocenters. The molecule has 0 amide bonds. The number of aliphatic imine (C=N–C) groups is 1. The number of likely N-dealkylation sites (tertiary alicyclic amines) is 1. The van der Waals surface area contributed by atoms with E-state index in [1.807, 2.05) is 7.05 Å². The van der Waals surface area contributed by atoms with Crippen LogP contribution in [0.15, 0.2) is 40.5 Å². The molecule has 1 saturated heterocycles. The minimum atomic E-state index is 0.582. The first-order chi connectivity index (χ1) is 15.0. The fourth-order valence-corrected chi connectivity index (χ4v) is 5.04. The number of guanidine groups is 1. The first kappa shape index (κ1) is 23.6. The Balaban J connectivity index is 1.49. The van der Waals surface area contributed by atoms with Gasteiger partial charge in [-0.15, -0.1) is 10.2 Å². The number of benzene rings is 1. The van der Waals surface area contributed by atoms with Crippen molar-refractivity contribution in [3.63, 3.8) is 0 Å². The van der Waals surface area contributed by atoms with E-state index in [1.165, 1.54) is 12.0 Å².